The number of halogens is 2. The van der Waals surface area contributed by atoms with Crippen molar-refractivity contribution in [2.24, 2.45) is 11.8 Å². The summed E-state index contributed by atoms with van der Waals surface area (Å²) in [5.74, 6) is 0.219. The number of piperidine rings is 1. The highest BCUT2D eigenvalue weighted by atomic mass is 19.3. The van der Waals surface area contributed by atoms with Gasteiger partial charge in [-0.2, -0.15) is 8.78 Å². The molecule has 4 rings (SSSR count). The first-order valence-electron chi connectivity index (χ1n) is 11.0. The third-order valence-electron chi connectivity index (χ3n) is 6.37. The summed E-state index contributed by atoms with van der Waals surface area (Å²) >= 11 is 0. The van der Waals surface area contributed by atoms with Crippen molar-refractivity contribution in [3.8, 4) is 5.88 Å². The van der Waals surface area contributed by atoms with E-state index in [0.717, 1.165) is 11.3 Å². The Morgan fingerprint density at radius 2 is 1.82 bits per heavy atom. The molecule has 2 unspecified atom stereocenters. The average Bonchev–Trinajstić information content (AvgIpc) is 3.20. The van der Waals surface area contributed by atoms with Gasteiger partial charge in [-0.25, -0.2) is 9.78 Å². The van der Waals surface area contributed by atoms with Crippen LogP contribution < -0.4 is 15.0 Å². The lowest BCUT2D eigenvalue weighted by molar-refractivity contribution is -0.128. The number of benzene rings is 1. The maximum Gasteiger partial charge on any atom is 0.388 e. The van der Waals surface area contributed by atoms with Crippen LogP contribution >= 0.6 is 0 Å². The molecule has 2 fully saturated rings. The van der Waals surface area contributed by atoms with Crippen molar-refractivity contribution >= 4 is 23.3 Å². The van der Waals surface area contributed by atoms with Crippen LogP contribution in [0, 0.1) is 18.8 Å². The summed E-state index contributed by atoms with van der Waals surface area (Å²) in [4.78, 5) is 32.9. The number of carbonyl (C=O) groups is 2. The van der Waals surface area contributed by atoms with Crippen molar-refractivity contribution in [3.05, 3.63) is 47.7 Å². The lowest BCUT2D eigenvalue weighted by Crippen LogP contribution is -2.43. The number of anilines is 2. The van der Waals surface area contributed by atoms with Gasteiger partial charge in [0.05, 0.1) is 0 Å². The molecule has 0 radical (unpaired) electrons. The zero-order valence-electron chi connectivity index (χ0n) is 19.1. The number of aromatic nitrogens is 1. The van der Waals surface area contributed by atoms with E-state index in [1.165, 1.54) is 6.07 Å². The molecule has 9 heteroatoms. The van der Waals surface area contributed by atoms with Gasteiger partial charge in [0.15, 0.2) is 0 Å². The number of urea groups is 1. The lowest BCUT2D eigenvalue weighted by atomic mass is 10.00. The number of ether oxygens (including phenoxy) is 1. The number of alkyl halides is 2. The minimum Gasteiger partial charge on any atom is -0.415 e. The first-order valence-corrected chi connectivity index (χ1v) is 11.0. The highest BCUT2D eigenvalue weighted by molar-refractivity contribution is 6.04. The van der Waals surface area contributed by atoms with E-state index in [2.05, 4.69) is 28.9 Å². The van der Waals surface area contributed by atoms with E-state index in [0.29, 0.717) is 18.8 Å². The molecule has 2 aliphatic rings. The maximum absolute atomic E-state index is 13.6. The van der Waals surface area contributed by atoms with Gasteiger partial charge in [-0.3, -0.25) is 9.69 Å². The van der Waals surface area contributed by atoms with Gasteiger partial charge in [0.25, 0.3) is 0 Å². The van der Waals surface area contributed by atoms with Gasteiger partial charge in [0.1, 0.15) is 5.69 Å². The van der Waals surface area contributed by atoms with Crippen molar-refractivity contribution in [2.45, 2.75) is 46.3 Å². The molecule has 176 valence electrons. The number of aryl methyl sites for hydroxylation is 1. The molecule has 2 heterocycles. The van der Waals surface area contributed by atoms with E-state index in [9.17, 15) is 18.4 Å². The van der Waals surface area contributed by atoms with E-state index in [4.69, 9.17) is 0 Å². The topological polar surface area (TPSA) is 74.8 Å². The number of nitrogens with zero attached hydrogens (tertiary/aromatic N) is 3. The fraction of sp³-hybridized carbons (Fsp3) is 0.458. The summed E-state index contributed by atoms with van der Waals surface area (Å²) < 4.78 is 30.4. The molecule has 33 heavy (non-hydrogen) atoms. The normalized spacial score (nSPS) is 21.2. The SMILES string of the molecule is CC(=O)N1CC2C(C1)C2N(C(=O)Nc1ccc(C)nc1OC(F)F)c1ccccc1C(C)C. The number of pyridine rings is 1. The van der Waals surface area contributed by atoms with Crippen molar-refractivity contribution in [2.75, 3.05) is 23.3 Å². The average molecular weight is 459 g/mol. The van der Waals surface area contributed by atoms with Crippen LogP contribution in [-0.4, -0.2) is 47.6 Å². The Kier molecular flexibility index (Phi) is 6.23. The van der Waals surface area contributed by atoms with E-state index >= 15 is 0 Å². The molecule has 1 saturated carbocycles. The number of rotatable bonds is 6. The number of hydrogen-bond donors (Lipinski definition) is 1. The van der Waals surface area contributed by atoms with Gasteiger partial charge in [-0.05, 0) is 36.6 Å². The predicted octanol–water partition coefficient (Wildman–Crippen LogP) is 4.63. The Hall–Kier alpha value is -3.23. The maximum atomic E-state index is 13.6. The molecule has 1 aromatic heterocycles. The zero-order valence-corrected chi connectivity index (χ0v) is 19.1. The Labute approximate surface area is 191 Å². The van der Waals surface area contributed by atoms with Crippen LogP contribution in [0.4, 0.5) is 25.0 Å². The van der Waals surface area contributed by atoms with Gasteiger partial charge >= 0.3 is 12.6 Å². The second-order valence-corrected chi connectivity index (χ2v) is 8.94. The molecule has 0 bridgehead atoms. The quantitative estimate of drug-likeness (QED) is 0.685. The van der Waals surface area contributed by atoms with Gasteiger partial charge in [0, 0.05) is 49.3 Å². The number of nitrogens with one attached hydrogen (secondary N) is 1. The Bertz CT molecular complexity index is 1050. The monoisotopic (exact) mass is 458 g/mol. The van der Waals surface area contributed by atoms with Crippen molar-refractivity contribution in [1.82, 2.24) is 9.88 Å². The first kappa shape index (κ1) is 22.9. The number of fused-ring (bicyclic) bond motifs is 1. The second kappa shape index (κ2) is 8.96. The molecule has 1 aliphatic carbocycles. The first-order chi connectivity index (χ1) is 15.7. The van der Waals surface area contributed by atoms with Gasteiger partial charge in [-0.15, -0.1) is 0 Å². The summed E-state index contributed by atoms with van der Waals surface area (Å²) in [5.41, 5.74) is 2.35. The number of hydrogen-bond acceptors (Lipinski definition) is 4. The highest BCUT2D eigenvalue weighted by Crippen LogP contribution is 2.51. The molecule has 3 amide bonds. The van der Waals surface area contributed by atoms with E-state index in [1.54, 1.807) is 29.7 Å². The molecule has 1 aromatic carbocycles. The van der Waals surface area contributed by atoms with Gasteiger partial charge in [0.2, 0.25) is 11.8 Å². The van der Waals surface area contributed by atoms with Crippen LogP contribution in [0.25, 0.3) is 0 Å². The standard InChI is InChI=1S/C24H28F2N4O3/c1-13(2)16-7-5-6-8-20(16)30(21-17-11-29(15(4)31)12-18(17)21)24(32)28-19-10-9-14(3)27-22(19)33-23(25)26/h5-10,13,17-18,21,23H,11-12H2,1-4H3,(H,28,32). The summed E-state index contributed by atoms with van der Waals surface area (Å²) in [5, 5.41) is 2.74. The third kappa shape index (κ3) is 4.62. The largest absolute Gasteiger partial charge is 0.415 e. The molecule has 0 spiro atoms. The molecular weight excluding hydrogens is 430 g/mol. The molecule has 1 aliphatic heterocycles. The summed E-state index contributed by atoms with van der Waals surface area (Å²) in [6.45, 7) is 5.45. The van der Waals surface area contributed by atoms with E-state index in [1.807, 2.05) is 24.3 Å². The minimum absolute atomic E-state index is 0.0269. The Morgan fingerprint density at radius 3 is 2.42 bits per heavy atom. The van der Waals surface area contributed by atoms with E-state index < -0.39 is 12.6 Å². The number of para-hydroxylation sites is 1. The van der Waals surface area contributed by atoms with Crippen LogP contribution in [0.5, 0.6) is 5.88 Å². The van der Waals surface area contributed by atoms with Crippen LogP contribution in [0.3, 0.4) is 0 Å². The van der Waals surface area contributed by atoms with Gasteiger partial charge < -0.3 is 15.0 Å². The molecule has 7 nitrogen and oxygen atoms in total. The summed E-state index contributed by atoms with van der Waals surface area (Å²) in [7, 11) is 0. The predicted molar refractivity (Wildman–Crippen MR) is 121 cm³/mol. The summed E-state index contributed by atoms with van der Waals surface area (Å²) in [6.07, 6.45) is 0. The van der Waals surface area contributed by atoms with Gasteiger partial charge in [-0.1, -0.05) is 32.0 Å². The van der Waals surface area contributed by atoms with Crippen molar-refractivity contribution in [1.29, 1.82) is 0 Å². The second-order valence-electron chi connectivity index (χ2n) is 8.94. The van der Waals surface area contributed by atoms with Crippen LogP contribution in [0.2, 0.25) is 0 Å². The van der Waals surface area contributed by atoms with Crippen LogP contribution in [-0.2, 0) is 4.79 Å². The third-order valence-corrected chi connectivity index (χ3v) is 6.37. The minimum atomic E-state index is -3.06. The Morgan fingerprint density at radius 1 is 1.15 bits per heavy atom. The fourth-order valence-corrected chi connectivity index (χ4v) is 4.71. The Balaban J connectivity index is 1.66. The van der Waals surface area contributed by atoms with Crippen LogP contribution in [0.15, 0.2) is 36.4 Å². The molecular formula is C24H28F2N4O3. The number of likely N-dealkylation sites (tertiary alicyclic amines) is 1. The molecule has 2 aromatic rings. The highest BCUT2D eigenvalue weighted by Gasteiger charge is 2.60. The smallest absolute Gasteiger partial charge is 0.388 e. The summed E-state index contributed by atoms with van der Waals surface area (Å²) in [6, 6.07) is 10.3. The lowest BCUT2D eigenvalue weighted by Gasteiger charge is -2.30. The molecule has 1 saturated heterocycles. The van der Waals surface area contributed by atoms with Crippen molar-refractivity contribution < 1.29 is 23.1 Å². The van der Waals surface area contributed by atoms with Crippen LogP contribution in [0.1, 0.15) is 37.9 Å². The molecule has 1 N–H and O–H groups in total. The number of amides is 3. The number of carbonyl (C=O) groups excluding carboxylic acids is 2. The zero-order chi connectivity index (χ0) is 23.9. The fourth-order valence-electron chi connectivity index (χ4n) is 4.71. The van der Waals surface area contributed by atoms with Crippen molar-refractivity contribution in [3.63, 3.8) is 0 Å². The van der Waals surface area contributed by atoms with E-state index in [-0.39, 0.29) is 41.3 Å². The molecule has 2 atom stereocenters.